The van der Waals surface area contributed by atoms with Crippen LogP contribution in [-0.4, -0.2) is 20.1 Å². The Morgan fingerprint density at radius 1 is 1.25 bits per heavy atom. The second kappa shape index (κ2) is 4.79. The van der Waals surface area contributed by atoms with E-state index in [1.165, 1.54) is 12.8 Å². The Kier molecular flexibility index (Phi) is 3.22. The zero-order chi connectivity index (χ0) is 12.9. The molecule has 0 aromatic carbocycles. The van der Waals surface area contributed by atoms with E-state index in [0.29, 0.717) is 23.3 Å². The molecular formula is C13H16ClN5O. The molecule has 106 valence electrons. The average Bonchev–Trinajstić information content (AvgIpc) is 3.13. The molecule has 0 aliphatic heterocycles. The van der Waals surface area contributed by atoms with Gasteiger partial charge in [-0.25, -0.2) is 9.97 Å². The third kappa shape index (κ3) is 2.19. The van der Waals surface area contributed by atoms with E-state index in [1.807, 2.05) is 0 Å². The fourth-order valence-corrected chi connectivity index (χ4v) is 2.34. The second-order valence-electron chi connectivity index (χ2n) is 5.51. The summed E-state index contributed by atoms with van der Waals surface area (Å²) < 4.78 is 5.30. The highest BCUT2D eigenvalue weighted by atomic mass is 35.5. The topological polar surface area (TPSA) is 90.7 Å². The van der Waals surface area contributed by atoms with Crippen LogP contribution in [-0.2, 0) is 5.54 Å². The summed E-state index contributed by atoms with van der Waals surface area (Å²) >= 11 is 0. The van der Waals surface area contributed by atoms with E-state index in [2.05, 4.69) is 20.1 Å². The smallest absolute Gasteiger partial charge is 0.276 e. The maximum absolute atomic E-state index is 6.19. The first-order valence-electron chi connectivity index (χ1n) is 6.71. The van der Waals surface area contributed by atoms with Gasteiger partial charge in [-0.2, -0.15) is 4.98 Å². The molecule has 2 aromatic rings. The van der Waals surface area contributed by atoms with Crippen LogP contribution in [0.5, 0.6) is 0 Å². The first kappa shape index (κ1) is 13.5. The Balaban J connectivity index is 0.00000121. The molecule has 0 amide bonds. The van der Waals surface area contributed by atoms with Gasteiger partial charge in [0.15, 0.2) is 5.82 Å². The lowest BCUT2D eigenvalue weighted by atomic mass is 9.77. The van der Waals surface area contributed by atoms with Gasteiger partial charge in [0.2, 0.25) is 0 Å². The summed E-state index contributed by atoms with van der Waals surface area (Å²) in [7, 11) is 0. The second-order valence-corrected chi connectivity index (χ2v) is 5.51. The van der Waals surface area contributed by atoms with Crippen molar-refractivity contribution in [1.82, 2.24) is 20.1 Å². The summed E-state index contributed by atoms with van der Waals surface area (Å²) in [5, 5.41) is 4.00. The molecule has 2 aliphatic carbocycles. The average molecular weight is 294 g/mol. The minimum Gasteiger partial charge on any atom is -0.332 e. The lowest BCUT2D eigenvalue weighted by Crippen LogP contribution is -2.44. The lowest BCUT2D eigenvalue weighted by molar-refractivity contribution is 0.229. The number of nitrogens with zero attached hydrogens (tertiary/aromatic N) is 4. The Labute approximate surface area is 122 Å². The van der Waals surface area contributed by atoms with Crippen LogP contribution in [0.1, 0.15) is 49.7 Å². The van der Waals surface area contributed by atoms with Crippen molar-refractivity contribution in [1.29, 1.82) is 0 Å². The van der Waals surface area contributed by atoms with Crippen LogP contribution >= 0.6 is 12.4 Å². The van der Waals surface area contributed by atoms with E-state index in [9.17, 15) is 0 Å². The molecule has 0 unspecified atom stereocenters. The third-order valence-electron chi connectivity index (χ3n) is 3.95. The van der Waals surface area contributed by atoms with Gasteiger partial charge >= 0.3 is 0 Å². The maximum atomic E-state index is 6.19. The molecule has 0 bridgehead atoms. The summed E-state index contributed by atoms with van der Waals surface area (Å²) in [6.07, 6.45) is 7.06. The molecule has 0 radical (unpaired) electrons. The lowest BCUT2D eigenvalue weighted by Gasteiger charge is -2.34. The molecule has 2 fully saturated rings. The summed E-state index contributed by atoms with van der Waals surface area (Å²) in [6.45, 7) is 0. The molecule has 0 atom stereocenters. The summed E-state index contributed by atoms with van der Waals surface area (Å²) in [4.78, 5) is 13.2. The quantitative estimate of drug-likeness (QED) is 0.932. The van der Waals surface area contributed by atoms with Crippen molar-refractivity contribution in [2.45, 2.75) is 43.6 Å². The Bertz CT molecular complexity index is 621. The van der Waals surface area contributed by atoms with Crippen molar-refractivity contribution in [2.24, 2.45) is 5.73 Å². The number of hydrogen-bond acceptors (Lipinski definition) is 6. The van der Waals surface area contributed by atoms with Crippen LogP contribution in [0.25, 0.3) is 11.6 Å². The first-order valence-corrected chi connectivity index (χ1v) is 6.71. The highest BCUT2D eigenvalue weighted by Crippen LogP contribution is 2.39. The number of hydrogen-bond donors (Lipinski definition) is 1. The maximum Gasteiger partial charge on any atom is 0.276 e. The molecule has 7 heteroatoms. The van der Waals surface area contributed by atoms with Crippen molar-refractivity contribution in [3.8, 4) is 11.6 Å². The Morgan fingerprint density at radius 2 is 2.05 bits per heavy atom. The third-order valence-corrected chi connectivity index (χ3v) is 3.95. The summed E-state index contributed by atoms with van der Waals surface area (Å²) in [5.74, 6) is 2.43. The zero-order valence-electron chi connectivity index (χ0n) is 11.0. The predicted octanol–water partition coefficient (Wildman–Crippen LogP) is 2.16. The van der Waals surface area contributed by atoms with Crippen molar-refractivity contribution in [2.75, 3.05) is 0 Å². The Hall–Kier alpha value is -1.53. The molecule has 2 saturated carbocycles. The summed E-state index contributed by atoms with van der Waals surface area (Å²) in [6, 6.07) is 1.80. The van der Waals surface area contributed by atoms with Gasteiger partial charge < -0.3 is 10.3 Å². The fraction of sp³-hybridized carbons (Fsp3) is 0.538. The van der Waals surface area contributed by atoms with Gasteiger partial charge in [-0.15, -0.1) is 12.4 Å². The van der Waals surface area contributed by atoms with Crippen molar-refractivity contribution in [3.63, 3.8) is 0 Å². The zero-order valence-corrected chi connectivity index (χ0v) is 11.8. The van der Waals surface area contributed by atoms with E-state index in [0.717, 1.165) is 25.1 Å². The van der Waals surface area contributed by atoms with Gasteiger partial charge in [0, 0.05) is 12.1 Å². The van der Waals surface area contributed by atoms with Crippen LogP contribution in [0.4, 0.5) is 0 Å². The number of rotatable bonds is 3. The normalized spacial score (nSPS) is 20.1. The first-order chi connectivity index (χ1) is 9.24. The van der Waals surface area contributed by atoms with E-state index in [-0.39, 0.29) is 12.4 Å². The fourth-order valence-electron chi connectivity index (χ4n) is 2.34. The SMILES string of the molecule is Cl.NC1(c2noc(-c3ccnc(C4CC4)n3)n2)CCC1. The van der Waals surface area contributed by atoms with Crippen molar-refractivity contribution in [3.05, 3.63) is 23.9 Å². The van der Waals surface area contributed by atoms with E-state index >= 15 is 0 Å². The van der Waals surface area contributed by atoms with Gasteiger partial charge in [-0.3, -0.25) is 0 Å². The van der Waals surface area contributed by atoms with Crippen LogP contribution in [0.2, 0.25) is 0 Å². The van der Waals surface area contributed by atoms with Crippen LogP contribution in [0, 0.1) is 0 Å². The molecule has 2 N–H and O–H groups in total. The molecule has 6 nitrogen and oxygen atoms in total. The number of halogens is 1. The molecule has 2 heterocycles. The van der Waals surface area contributed by atoms with E-state index in [4.69, 9.17) is 10.3 Å². The molecule has 2 aliphatic rings. The van der Waals surface area contributed by atoms with Crippen LogP contribution < -0.4 is 5.73 Å². The molecule has 20 heavy (non-hydrogen) atoms. The Morgan fingerprint density at radius 3 is 2.70 bits per heavy atom. The monoisotopic (exact) mass is 293 g/mol. The minimum absolute atomic E-state index is 0. The van der Waals surface area contributed by atoms with Gasteiger partial charge in [-0.1, -0.05) is 5.16 Å². The number of aromatic nitrogens is 4. The van der Waals surface area contributed by atoms with Crippen molar-refractivity contribution >= 4 is 12.4 Å². The van der Waals surface area contributed by atoms with E-state index in [1.54, 1.807) is 12.3 Å². The largest absolute Gasteiger partial charge is 0.332 e. The highest BCUT2D eigenvalue weighted by Gasteiger charge is 2.39. The standard InChI is InChI=1S/C13H15N5O.ClH/c14-13(5-1-6-13)12-17-11(19-18-12)9-4-7-15-10(16-9)8-2-3-8;/h4,7-8H,1-3,5-6,14H2;1H. The molecule has 0 spiro atoms. The summed E-state index contributed by atoms with van der Waals surface area (Å²) in [5.41, 5.74) is 6.48. The highest BCUT2D eigenvalue weighted by molar-refractivity contribution is 5.85. The van der Waals surface area contributed by atoms with Crippen LogP contribution in [0.3, 0.4) is 0 Å². The van der Waals surface area contributed by atoms with Crippen molar-refractivity contribution < 1.29 is 4.52 Å². The van der Waals surface area contributed by atoms with Gasteiger partial charge in [0.05, 0.1) is 5.54 Å². The molecule has 0 saturated heterocycles. The minimum atomic E-state index is -0.395. The van der Waals surface area contributed by atoms with Gasteiger partial charge in [-0.05, 0) is 38.2 Å². The molecular weight excluding hydrogens is 278 g/mol. The molecule has 4 rings (SSSR count). The predicted molar refractivity (Wildman–Crippen MR) is 74.3 cm³/mol. The van der Waals surface area contributed by atoms with Gasteiger partial charge in [0.25, 0.3) is 5.89 Å². The number of nitrogens with two attached hydrogens (primary N) is 1. The molecule has 2 aromatic heterocycles. The van der Waals surface area contributed by atoms with Crippen LogP contribution in [0.15, 0.2) is 16.8 Å². The van der Waals surface area contributed by atoms with Gasteiger partial charge in [0.1, 0.15) is 11.5 Å². The van der Waals surface area contributed by atoms with E-state index < -0.39 is 5.54 Å².